The van der Waals surface area contributed by atoms with Crippen LogP contribution in [0.3, 0.4) is 0 Å². The summed E-state index contributed by atoms with van der Waals surface area (Å²) in [5, 5.41) is 0. The van der Waals surface area contributed by atoms with Gasteiger partial charge < -0.3 is 4.90 Å². The van der Waals surface area contributed by atoms with Crippen molar-refractivity contribution < 1.29 is 4.79 Å². The van der Waals surface area contributed by atoms with E-state index in [4.69, 9.17) is 0 Å². The van der Waals surface area contributed by atoms with Gasteiger partial charge in [-0.25, -0.2) is 0 Å². The van der Waals surface area contributed by atoms with Crippen molar-refractivity contribution in [3.8, 4) is 0 Å². The monoisotopic (exact) mass is 264 g/mol. The molecule has 100 valence electrons. The van der Waals surface area contributed by atoms with Gasteiger partial charge in [0.05, 0.1) is 11.4 Å². The lowest BCUT2D eigenvalue weighted by molar-refractivity contribution is -0.116. The van der Waals surface area contributed by atoms with Crippen molar-refractivity contribution in [2.24, 2.45) is 4.99 Å². The Morgan fingerprint density at radius 3 is 2.40 bits per heavy atom. The molecule has 0 aromatic heterocycles. The second kappa shape index (κ2) is 4.93. The molecule has 0 N–H and O–H groups in total. The number of carbonyl (C=O) groups is 1. The fourth-order valence-electron chi connectivity index (χ4n) is 2.51. The normalized spacial score (nSPS) is 14.6. The lowest BCUT2D eigenvalue weighted by Gasteiger charge is -2.18. The van der Waals surface area contributed by atoms with Crippen LogP contribution >= 0.6 is 0 Å². The molecule has 1 aliphatic heterocycles. The molecular weight excluding hydrogens is 248 g/mol. The third-order valence-electron chi connectivity index (χ3n) is 3.67. The molecule has 2 aromatic rings. The Morgan fingerprint density at radius 2 is 1.65 bits per heavy atom. The van der Waals surface area contributed by atoms with Crippen LogP contribution in [0.1, 0.15) is 16.7 Å². The SMILES string of the molecule is Cc1ccccc1C1=NCC(=O)N(C)c2ccccc21. The van der Waals surface area contributed by atoms with E-state index in [1.54, 1.807) is 11.9 Å². The van der Waals surface area contributed by atoms with Crippen LogP contribution in [0.5, 0.6) is 0 Å². The van der Waals surface area contributed by atoms with Crippen LogP contribution in [0.2, 0.25) is 0 Å². The third-order valence-corrected chi connectivity index (χ3v) is 3.67. The fourth-order valence-corrected chi connectivity index (χ4v) is 2.51. The zero-order valence-electron chi connectivity index (χ0n) is 11.6. The maximum atomic E-state index is 12.1. The van der Waals surface area contributed by atoms with E-state index in [1.165, 1.54) is 0 Å². The Bertz CT molecular complexity index is 704. The molecule has 0 unspecified atom stereocenters. The van der Waals surface area contributed by atoms with Gasteiger partial charge in [0, 0.05) is 18.2 Å². The van der Waals surface area contributed by atoms with Gasteiger partial charge in [-0.05, 0) is 18.6 Å². The van der Waals surface area contributed by atoms with Crippen LogP contribution in [-0.2, 0) is 4.79 Å². The highest BCUT2D eigenvalue weighted by Gasteiger charge is 2.22. The molecule has 0 aliphatic carbocycles. The van der Waals surface area contributed by atoms with Gasteiger partial charge in [-0.3, -0.25) is 9.79 Å². The average molecular weight is 264 g/mol. The molecule has 0 saturated carbocycles. The molecule has 0 saturated heterocycles. The van der Waals surface area contributed by atoms with Crippen LogP contribution in [0.25, 0.3) is 0 Å². The first-order chi connectivity index (χ1) is 9.68. The lowest BCUT2D eigenvalue weighted by atomic mass is 9.97. The number of para-hydroxylation sites is 1. The maximum absolute atomic E-state index is 12.1. The van der Waals surface area contributed by atoms with Gasteiger partial charge in [0.1, 0.15) is 6.54 Å². The molecule has 0 fully saturated rings. The fraction of sp³-hybridized carbons (Fsp3) is 0.176. The molecule has 1 heterocycles. The first kappa shape index (κ1) is 12.6. The Kier molecular flexibility index (Phi) is 3.11. The third kappa shape index (κ3) is 2.01. The summed E-state index contributed by atoms with van der Waals surface area (Å²) in [5.74, 6) is 0.0148. The number of benzene rings is 2. The maximum Gasteiger partial charge on any atom is 0.248 e. The summed E-state index contributed by atoms with van der Waals surface area (Å²) in [6, 6.07) is 16.1. The van der Waals surface area contributed by atoms with E-state index >= 15 is 0 Å². The van der Waals surface area contributed by atoms with Crippen molar-refractivity contribution in [2.45, 2.75) is 6.92 Å². The molecule has 3 nitrogen and oxygen atoms in total. The lowest BCUT2D eigenvalue weighted by Crippen LogP contribution is -2.27. The summed E-state index contributed by atoms with van der Waals surface area (Å²) in [7, 11) is 1.80. The van der Waals surface area contributed by atoms with Crippen LogP contribution in [0.4, 0.5) is 5.69 Å². The van der Waals surface area contributed by atoms with E-state index in [2.05, 4.69) is 24.0 Å². The predicted molar refractivity (Wildman–Crippen MR) is 81.5 cm³/mol. The number of benzodiazepines with no additional fused rings is 1. The van der Waals surface area contributed by atoms with E-state index < -0.39 is 0 Å². The molecule has 1 amide bonds. The number of amides is 1. The van der Waals surface area contributed by atoms with Crippen LogP contribution in [-0.4, -0.2) is 25.2 Å². The van der Waals surface area contributed by atoms with Crippen molar-refractivity contribution >= 4 is 17.3 Å². The minimum absolute atomic E-state index is 0.0148. The number of fused-ring (bicyclic) bond motifs is 1. The zero-order valence-corrected chi connectivity index (χ0v) is 11.6. The Labute approximate surface area is 118 Å². The van der Waals surface area contributed by atoms with Gasteiger partial charge >= 0.3 is 0 Å². The Hall–Kier alpha value is -2.42. The van der Waals surface area contributed by atoms with Gasteiger partial charge in [0.15, 0.2) is 0 Å². The van der Waals surface area contributed by atoms with E-state index in [0.717, 1.165) is 28.1 Å². The highest BCUT2D eigenvalue weighted by atomic mass is 16.2. The highest BCUT2D eigenvalue weighted by molar-refractivity contribution is 6.20. The molecule has 20 heavy (non-hydrogen) atoms. The predicted octanol–water partition coefficient (Wildman–Crippen LogP) is 2.81. The molecule has 0 bridgehead atoms. The van der Waals surface area contributed by atoms with Crippen molar-refractivity contribution in [3.05, 3.63) is 65.2 Å². The van der Waals surface area contributed by atoms with Crippen molar-refractivity contribution in [1.82, 2.24) is 0 Å². The molecular formula is C17H16N2O. The first-order valence-electron chi connectivity index (χ1n) is 6.65. The number of aliphatic imine (C=N–C) groups is 1. The number of aryl methyl sites for hydroxylation is 1. The van der Waals surface area contributed by atoms with Crippen molar-refractivity contribution in [1.29, 1.82) is 0 Å². The number of anilines is 1. The van der Waals surface area contributed by atoms with E-state index in [1.807, 2.05) is 36.4 Å². The summed E-state index contributed by atoms with van der Waals surface area (Å²) < 4.78 is 0. The van der Waals surface area contributed by atoms with Crippen molar-refractivity contribution in [2.75, 3.05) is 18.5 Å². The van der Waals surface area contributed by atoms with Crippen molar-refractivity contribution in [3.63, 3.8) is 0 Å². The molecule has 3 rings (SSSR count). The quantitative estimate of drug-likeness (QED) is 0.779. The number of rotatable bonds is 1. The Balaban J connectivity index is 2.23. The van der Waals surface area contributed by atoms with E-state index in [0.29, 0.717) is 0 Å². The van der Waals surface area contributed by atoms with Crippen LogP contribution in [0.15, 0.2) is 53.5 Å². The molecule has 0 radical (unpaired) electrons. The average Bonchev–Trinajstić information content (AvgIpc) is 2.59. The summed E-state index contributed by atoms with van der Waals surface area (Å²) in [6.07, 6.45) is 0. The number of nitrogens with zero attached hydrogens (tertiary/aromatic N) is 2. The molecule has 2 aromatic carbocycles. The zero-order chi connectivity index (χ0) is 14.1. The smallest absolute Gasteiger partial charge is 0.248 e. The van der Waals surface area contributed by atoms with Crippen LogP contribution in [0, 0.1) is 6.92 Å². The van der Waals surface area contributed by atoms with Crippen LogP contribution < -0.4 is 4.90 Å². The molecule has 0 atom stereocenters. The summed E-state index contributed by atoms with van der Waals surface area (Å²) >= 11 is 0. The van der Waals surface area contributed by atoms with Gasteiger partial charge in [0.2, 0.25) is 5.91 Å². The molecule has 3 heteroatoms. The number of likely N-dealkylation sites (N-methyl/N-ethyl adjacent to an activating group) is 1. The second-order valence-corrected chi connectivity index (χ2v) is 4.95. The van der Waals surface area contributed by atoms with E-state index in [-0.39, 0.29) is 12.5 Å². The molecule has 0 spiro atoms. The summed E-state index contributed by atoms with van der Waals surface area (Å²) in [6.45, 7) is 2.26. The minimum atomic E-state index is 0.0148. The largest absolute Gasteiger partial charge is 0.313 e. The van der Waals surface area contributed by atoms with Gasteiger partial charge in [0.25, 0.3) is 0 Å². The topological polar surface area (TPSA) is 32.7 Å². The number of hydrogen-bond donors (Lipinski definition) is 0. The second-order valence-electron chi connectivity index (χ2n) is 4.95. The highest BCUT2D eigenvalue weighted by Crippen LogP contribution is 2.26. The summed E-state index contributed by atoms with van der Waals surface area (Å²) in [5.41, 5.74) is 5.07. The summed E-state index contributed by atoms with van der Waals surface area (Å²) in [4.78, 5) is 18.3. The standard InChI is InChI=1S/C17H16N2O/c1-12-7-3-4-8-13(12)17-14-9-5-6-10-15(14)19(2)16(20)11-18-17/h3-10H,11H2,1-2H3. The van der Waals surface area contributed by atoms with E-state index in [9.17, 15) is 4.79 Å². The number of carbonyl (C=O) groups excluding carboxylic acids is 1. The minimum Gasteiger partial charge on any atom is -0.313 e. The first-order valence-corrected chi connectivity index (χ1v) is 6.65. The van der Waals surface area contributed by atoms with Gasteiger partial charge in [-0.15, -0.1) is 0 Å². The van der Waals surface area contributed by atoms with Gasteiger partial charge in [-0.2, -0.15) is 0 Å². The molecule has 1 aliphatic rings. The van der Waals surface area contributed by atoms with Gasteiger partial charge in [-0.1, -0.05) is 42.5 Å². The Morgan fingerprint density at radius 1 is 1.00 bits per heavy atom. The number of hydrogen-bond acceptors (Lipinski definition) is 2.